The number of amides is 2. The third-order valence-electron chi connectivity index (χ3n) is 6.69. The molecule has 2 aliphatic carbocycles. The second-order valence-electron chi connectivity index (χ2n) is 8.55. The number of benzene rings is 2. The summed E-state index contributed by atoms with van der Waals surface area (Å²) in [5.74, 6) is -1.63. The van der Waals surface area contributed by atoms with E-state index in [-0.39, 0.29) is 30.3 Å². The number of fused-ring (bicyclic) bond motifs is 3. The van der Waals surface area contributed by atoms with Crippen molar-refractivity contribution in [3.05, 3.63) is 77.2 Å². The van der Waals surface area contributed by atoms with Crippen molar-refractivity contribution in [1.29, 1.82) is 0 Å². The van der Waals surface area contributed by atoms with E-state index in [0.717, 1.165) is 28.5 Å². The first-order chi connectivity index (χ1) is 16.4. The number of carboxylic acids is 1. The van der Waals surface area contributed by atoms with Crippen LogP contribution in [0.4, 0.5) is 4.79 Å². The van der Waals surface area contributed by atoms with Gasteiger partial charge >= 0.3 is 12.1 Å². The Bertz CT molecular complexity index is 1230. The maximum Gasteiger partial charge on any atom is 0.407 e. The molecule has 0 saturated heterocycles. The molecule has 174 valence electrons. The molecular formula is C25H23N3O6. The van der Waals surface area contributed by atoms with Crippen molar-refractivity contribution in [2.75, 3.05) is 13.7 Å². The molecule has 2 amide bonds. The number of rotatable bonds is 7. The van der Waals surface area contributed by atoms with E-state index in [2.05, 4.69) is 22.6 Å². The van der Waals surface area contributed by atoms with Crippen LogP contribution >= 0.6 is 0 Å². The zero-order valence-corrected chi connectivity index (χ0v) is 18.5. The van der Waals surface area contributed by atoms with Crippen LogP contribution in [0.1, 0.15) is 45.9 Å². The smallest absolute Gasteiger partial charge is 0.407 e. The van der Waals surface area contributed by atoms with E-state index in [4.69, 9.17) is 9.26 Å². The molecule has 1 fully saturated rings. The van der Waals surface area contributed by atoms with Gasteiger partial charge in [0.15, 0.2) is 0 Å². The third-order valence-corrected chi connectivity index (χ3v) is 6.69. The van der Waals surface area contributed by atoms with Crippen LogP contribution in [-0.2, 0) is 16.1 Å². The number of carbonyl (C=O) groups excluding carboxylic acids is 2. The first-order valence-corrected chi connectivity index (χ1v) is 11.0. The van der Waals surface area contributed by atoms with Crippen molar-refractivity contribution in [2.45, 2.75) is 30.8 Å². The summed E-state index contributed by atoms with van der Waals surface area (Å²) in [7, 11) is 1.44. The minimum absolute atomic E-state index is 0.0678. The molecule has 0 bridgehead atoms. The average molecular weight is 461 g/mol. The number of alkyl carbamates (subject to hydrolysis) is 1. The van der Waals surface area contributed by atoms with Gasteiger partial charge in [0.25, 0.3) is 5.91 Å². The van der Waals surface area contributed by atoms with E-state index in [1.165, 1.54) is 11.9 Å². The number of likely N-dealkylation sites (N-methyl/N-ethyl adjacent to an activating group) is 1. The fraction of sp³-hybridized carbons (Fsp3) is 0.280. The van der Waals surface area contributed by atoms with Crippen LogP contribution in [0.2, 0.25) is 0 Å². The van der Waals surface area contributed by atoms with Crippen molar-refractivity contribution in [2.24, 2.45) is 0 Å². The minimum Gasteiger partial charge on any atom is -0.479 e. The van der Waals surface area contributed by atoms with Crippen molar-refractivity contribution in [3.8, 4) is 11.1 Å². The highest BCUT2D eigenvalue weighted by Crippen LogP contribution is 2.44. The lowest BCUT2D eigenvalue weighted by Crippen LogP contribution is -2.44. The number of aliphatic carboxylic acids is 1. The summed E-state index contributed by atoms with van der Waals surface area (Å²) >= 11 is 0. The van der Waals surface area contributed by atoms with Gasteiger partial charge in [0.05, 0.1) is 6.54 Å². The van der Waals surface area contributed by atoms with Gasteiger partial charge < -0.3 is 24.6 Å². The third kappa shape index (κ3) is 3.59. The lowest BCUT2D eigenvalue weighted by atomic mass is 9.98. The van der Waals surface area contributed by atoms with Gasteiger partial charge in [-0.2, -0.15) is 0 Å². The highest BCUT2D eigenvalue weighted by molar-refractivity contribution is 5.99. The summed E-state index contributed by atoms with van der Waals surface area (Å²) in [6.45, 7) is 0.0660. The molecule has 0 radical (unpaired) electrons. The second kappa shape index (κ2) is 8.33. The summed E-state index contributed by atoms with van der Waals surface area (Å²) in [5.41, 5.74) is 3.60. The number of nitrogens with one attached hydrogen (secondary N) is 1. The molecule has 0 aliphatic heterocycles. The van der Waals surface area contributed by atoms with Crippen LogP contribution in [-0.4, -0.2) is 52.3 Å². The van der Waals surface area contributed by atoms with Crippen molar-refractivity contribution >= 4 is 18.0 Å². The average Bonchev–Trinajstić information content (AvgIpc) is 3.43. The maximum absolute atomic E-state index is 12.8. The van der Waals surface area contributed by atoms with Gasteiger partial charge in [-0.05, 0) is 35.1 Å². The molecule has 0 atom stereocenters. The van der Waals surface area contributed by atoms with E-state index in [0.29, 0.717) is 12.8 Å². The fourth-order valence-electron chi connectivity index (χ4n) is 4.55. The normalized spacial score (nSPS) is 15.2. The number of aromatic nitrogens is 1. The Morgan fingerprint density at radius 2 is 1.74 bits per heavy atom. The first-order valence-electron chi connectivity index (χ1n) is 11.0. The molecule has 2 N–H and O–H groups in total. The highest BCUT2D eigenvalue weighted by atomic mass is 16.5. The Morgan fingerprint density at radius 3 is 2.32 bits per heavy atom. The van der Waals surface area contributed by atoms with Gasteiger partial charge in [0, 0.05) is 13.0 Å². The van der Waals surface area contributed by atoms with E-state index < -0.39 is 23.5 Å². The molecule has 9 heteroatoms. The minimum atomic E-state index is -1.19. The maximum atomic E-state index is 12.8. The lowest BCUT2D eigenvalue weighted by Gasteiger charge is -2.24. The fourth-order valence-corrected chi connectivity index (χ4v) is 4.55. The van der Waals surface area contributed by atoms with E-state index in [9.17, 15) is 19.5 Å². The molecule has 0 unspecified atom stereocenters. The van der Waals surface area contributed by atoms with E-state index >= 15 is 0 Å². The topological polar surface area (TPSA) is 122 Å². The SMILES string of the molecule is CN(C(=O)c1conc1CNC(=O)OCC1c2ccccc2-c2ccccc21)C1(C(=O)O)CC1. The van der Waals surface area contributed by atoms with Crippen molar-refractivity contribution in [1.82, 2.24) is 15.4 Å². The first kappa shape index (κ1) is 21.7. The Labute approximate surface area is 195 Å². The van der Waals surface area contributed by atoms with E-state index in [1.54, 1.807) is 0 Å². The second-order valence-corrected chi connectivity index (χ2v) is 8.55. The molecule has 0 spiro atoms. The van der Waals surface area contributed by atoms with Gasteiger partial charge in [-0.15, -0.1) is 0 Å². The molecule has 1 saturated carbocycles. The molecule has 1 heterocycles. The number of carbonyl (C=O) groups is 3. The Morgan fingerprint density at radius 1 is 1.12 bits per heavy atom. The number of nitrogens with zero attached hydrogens (tertiary/aromatic N) is 2. The molecule has 34 heavy (non-hydrogen) atoms. The number of carboxylic acid groups (broad SMARTS) is 1. The van der Waals surface area contributed by atoms with Gasteiger partial charge in [-0.3, -0.25) is 4.79 Å². The van der Waals surface area contributed by atoms with Crippen molar-refractivity contribution in [3.63, 3.8) is 0 Å². The van der Waals surface area contributed by atoms with Crippen LogP contribution < -0.4 is 5.32 Å². The summed E-state index contributed by atoms with van der Waals surface area (Å²) in [6, 6.07) is 16.1. The quantitative estimate of drug-likeness (QED) is 0.553. The number of ether oxygens (including phenoxy) is 1. The van der Waals surface area contributed by atoms with Crippen molar-refractivity contribution < 1.29 is 28.8 Å². The van der Waals surface area contributed by atoms with Crippen LogP contribution in [0.5, 0.6) is 0 Å². The van der Waals surface area contributed by atoms with Crippen LogP contribution in [0.15, 0.2) is 59.3 Å². The Hall–Kier alpha value is -4.14. The van der Waals surface area contributed by atoms with Gasteiger partial charge in [-0.25, -0.2) is 9.59 Å². The van der Waals surface area contributed by atoms with Gasteiger partial charge in [0.2, 0.25) is 0 Å². The number of hydrogen-bond acceptors (Lipinski definition) is 6. The zero-order chi connectivity index (χ0) is 23.9. The molecule has 2 aliphatic rings. The summed E-state index contributed by atoms with van der Waals surface area (Å²) in [5, 5.41) is 15.8. The van der Waals surface area contributed by atoms with Gasteiger partial charge in [-0.1, -0.05) is 53.7 Å². The van der Waals surface area contributed by atoms with Crippen LogP contribution in [0.25, 0.3) is 11.1 Å². The Kier molecular flexibility index (Phi) is 5.31. The largest absolute Gasteiger partial charge is 0.479 e. The Balaban J connectivity index is 1.21. The summed E-state index contributed by atoms with van der Waals surface area (Å²) in [4.78, 5) is 38.0. The molecule has 3 aromatic rings. The molecule has 9 nitrogen and oxygen atoms in total. The van der Waals surface area contributed by atoms with Gasteiger partial charge in [0.1, 0.15) is 29.7 Å². The highest BCUT2D eigenvalue weighted by Gasteiger charge is 2.56. The van der Waals surface area contributed by atoms with Crippen LogP contribution in [0, 0.1) is 0 Å². The van der Waals surface area contributed by atoms with Crippen LogP contribution in [0.3, 0.4) is 0 Å². The predicted molar refractivity (Wildman–Crippen MR) is 120 cm³/mol. The summed E-state index contributed by atoms with van der Waals surface area (Å²) < 4.78 is 10.4. The molecular weight excluding hydrogens is 438 g/mol. The lowest BCUT2D eigenvalue weighted by molar-refractivity contribution is -0.143. The standard InChI is InChI=1S/C25H23N3O6/c1-28(25(10-11-25)23(30)31)22(29)20-14-34-27-21(20)12-26-24(32)33-13-19-17-8-4-2-6-15(17)16-7-3-5-9-18(16)19/h2-9,14,19H,10-13H2,1H3,(H,26,32)(H,30,31). The zero-order valence-electron chi connectivity index (χ0n) is 18.5. The monoisotopic (exact) mass is 461 g/mol. The number of hydrogen-bond donors (Lipinski definition) is 2. The summed E-state index contributed by atoms with van der Waals surface area (Å²) in [6.07, 6.45) is 1.29. The van der Waals surface area contributed by atoms with E-state index in [1.807, 2.05) is 36.4 Å². The molecule has 2 aromatic carbocycles. The molecule has 5 rings (SSSR count). The molecule has 1 aromatic heterocycles. The predicted octanol–water partition coefficient (Wildman–Crippen LogP) is 3.40.